The van der Waals surface area contributed by atoms with Crippen LogP contribution in [0.15, 0.2) is 30.3 Å². The topological polar surface area (TPSA) is 98.3 Å². The number of hydrogen-bond donors (Lipinski definition) is 2. The van der Waals surface area contributed by atoms with Crippen LogP contribution in [0.3, 0.4) is 0 Å². The predicted molar refractivity (Wildman–Crippen MR) is 130 cm³/mol. The van der Waals surface area contributed by atoms with Gasteiger partial charge in [-0.05, 0) is 25.1 Å². The molecule has 0 radical (unpaired) electrons. The van der Waals surface area contributed by atoms with Gasteiger partial charge in [-0.25, -0.2) is 4.98 Å². The number of pyridine rings is 1. The SMILES string of the molecule is COCCOc1cc(Cl)nc(Cc2ccc3c(ccc4sc5c(c43)NC[C@@H](C)NC5=O)n2)n1. The Labute approximate surface area is 199 Å². The van der Waals surface area contributed by atoms with Crippen LogP contribution in [-0.4, -0.2) is 53.8 Å². The molecule has 170 valence electrons. The minimum atomic E-state index is -0.0388. The third-order valence-electron chi connectivity index (χ3n) is 5.34. The zero-order valence-electron chi connectivity index (χ0n) is 18.1. The third kappa shape index (κ3) is 4.44. The number of carbonyl (C=O) groups excluding carboxylic acids is 1. The predicted octanol–water partition coefficient (Wildman–Crippen LogP) is 4.05. The summed E-state index contributed by atoms with van der Waals surface area (Å²) in [6.07, 6.45) is 0.412. The summed E-state index contributed by atoms with van der Waals surface area (Å²) in [7, 11) is 1.61. The van der Waals surface area contributed by atoms with Gasteiger partial charge in [-0.15, -0.1) is 11.3 Å². The number of benzene rings is 1. The molecule has 2 N–H and O–H groups in total. The van der Waals surface area contributed by atoms with E-state index in [2.05, 4.69) is 20.6 Å². The highest BCUT2D eigenvalue weighted by Gasteiger charge is 2.24. The van der Waals surface area contributed by atoms with Gasteiger partial charge in [-0.3, -0.25) is 9.78 Å². The fraction of sp³-hybridized carbons (Fsp3) is 0.304. The molecule has 1 aromatic carbocycles. The summed E-state index contributed by atoms with van der Waals surface area (Å²) < 4.78 is 11.6. The van der Waals surface area contributed by atoms with Crippen LogP contribution in [0.5, 0.6) is 5.88 Å². The Kier molecular flexibility index (Phi) is 6.01. The molecule has 0 aliphatic carbocycles. The first-order valence-corrected chi connectivity index (χ1v) is 11.8. The Morgan fingerprint density at radius 1 is 1.18 bits per heavy atom. The van der Waals surface area contributed by atoms with Crippen LogP contribution in [0.25, 0.3) is 21.0 Å². The lowest BCUT2D eigenvalue weighted by molar-refractivity contribution is 0.0949. The minimum absolute atomic E-state index is 0.0388. The van der Waals surface area contributed by atoms with E-state index in [1.54, 1.807) is 13.2 Å². The van der Waals surface area contributed by atoms with E-state index in [-0.39, 0.29) is 11.9 Å². The summed E-state index contributed by atoms with van der Waals surface area (Å²) in [5.74, 6) is 0.895. The highest BCUT2D eigenvalue weighted by atomic mass is 35.5. The molecule has 1 atom stereocenters. The standard InChI is InChI=1S/C23H22ClN5O3S/c1-12-11-25-21-20-14-4-3-13(9-18-28-17(24)10-19(29-18)32-8-7-31-2)27-15(14)5-6-16(20)33-22(21)23(30)26-12/h3-6,10,12,25H,7-9,11H2,1-2H3,(H,26,30)/t12-/m1/s1. The number of carbonyl (C=O) groups is 1. The second-order valence-corrected chi connectivity index (χ2v) is 9.27. The molecular formula is C23H22ClN5O3S. The Hall–Kier alpha value is -3.01. The molecule has 0 saturated carbocycles. The van der Waals surface area contributed by atoms with Crippen molar-refractivity contribution in [3.05, 3.63) is 51.9 Å². The molecule has 5 rings (SSSR count). The number of hydrogen-bond acceptors (Lipinski definition) is 8. The van der Waals surface area contributed by atoms with Crippen molar-refractivity contribution in [2.24, 2.45) is 0 Å². The Morgan fingerprint density at radius 3 is 2.91 bits per heavy atom. The molecule has 1 amide bonds. The van der Waals surface area contributed by atoms with E-state index in [9.17, 15) is 4.79 Å². The second kappa shape index (κ2) is 9.09. The number of methoxy groups -OCH3 is 1. The molecule has 3 aromatic heterocycles. The average Bonchev–Trinajstić information content (AvgIpc) is 3.10. The van der Waals surface area contributed by atoms with E-state index in [1.165, 1.54) is 11.3 Å². The molecular weight excluding hydrogens is 462 g/mol. The van der Waals surface area contributed by atoms with Gasteiger partial charge in [0.1, 0.15) is 22.5 Å². The molecule has 33 heavy (non-hydrogen) atoms. The quantitative estimate of drug-likeness (QED) is 0.315. The van der Waals surface area contributed by atoms with E-state index in [0.29, 0.717) is 47.9 Å². The fourth-order valence-corrected chi connectivity index (χ4v) is 5.14. The van der Waals surface area contributed by atoms with Crippen LogP contribution in [0.1, 0.15) is 28.1 Å². The van der Waals surface area contributed by atoms with Gasteiger partial charge in [0, 0.05) is 46.9 Å². The maximum atomic E-state index is 12.6. The lowest BCUT2D eigenvalue weighted by Gasteiger charge is -2.10. The number of nitrogens with zero attached hydrogens (tertiary/aromatic N) is 3. The Morgan fingerprint density at radius 2 is 2.06 bits per heavy atom. The van der Waals surface area contributed by atoms with E-state index >= 15 is 0 Å². The Bertz CT molecular complexity index is 1360. The molecule has 0 unspecified atom stereocenters. The van der Waals surface area contributed by atoms with Crippen molar-refractivity contribution in [2.45, 2.75) is 19.4 Å². The van der Waals surface area contributed by atoms with Gasteiger partial charge in [-0.1, -0.05) is 17.7 Å². The van der Waals surface area contributed by atoms with Crippen molar-refractivity contribution in [1.82, 2.24) is 20.3 Å². The monoisotopic (exact) mass is 483 g/mol. The number of fused-ring (bicyclic) bond motifs is 5. The van der Waals surface area contributed by atoms with E-state index in [0.717, 1.165) is 32.4 Å². The first-order valence-electron chi connectivity index (χ1n) is 10.6. The molecule has 4 heterocycles. The van der Waals surface area contributed by atoms with E-state index < -0.39 is 0 Å². The maximum absolute atomic E-state index is 12.6. The van der Waals surface area contributed by atoms with Crippen molar-refractivity contribution < 1.29 is 14.3 Å². The van der Waals surface area contributed by atoms with Crippen molar-refractivity contribution in [3.8, 4) is 5.88 Å². The highest BCUT2D eigenvalue weighted by molar-refractivity contribution is 7.21. The maximum Gasteiger partial charge on any atom is 0.263 e. The number of ether oxygens (including phenoxy) is 2. The van der Waals surface area contributed by atoms with Gasteiger partial charge in [0.15, 0.2) is 0 Å². The molecule has 10 heteroatoms. The van der Waals surface area contributed by atoms with Crippen LogP contribution >= 0.6 is 22.9 Å². The van der Waals surface area contributed by atoms with Crippen molar-refractivity contribution in [3.63, 3.8) is 0 Å². The van der Waals surface area contributed by atoms with Crippen molar-refractivity contribution >= 4 is 55.5 Å². The van der Waals surface area contributed by atoms with Crippen molar-refractivity contribution in [1.29, 1.82) is 0 Å². The zero-order valence-corrected chi connectivity index (χ0v) is 19.7. The lowest BCUT2D eigenvalue weighted by atomic mass is 10.1. The van der Waals surface area contributed by atoms with E-state index in [1.807, 2.05) is 31.2 Å². The van der Waals surface area contributed by atoms with Crippen LogP contribution < -0.4 is 15.4 Å². The van der Waals surface area contributed by atoms with E-state index in [4.69, 9.17) is 26.1 Å². The number of thiophene rings is 1. The van der Waals surface area contributed by atoms with Gasteiger partial charge in [0.25, 0.3) is 5.91 Å². The number of anilines is 1. The van der Waals surface area contributed by atoms with Crippen LogP contribution in [-0.2, 0) is 11.2 Å². The molecule has 4 aromatic rings. The molecule has 0 fully saturated rings. The fourth-order valence-electron chi connectivity index (χ4n) is 3.85. The van der Waals surface area contributed by atoms with Crippen molar-refractivity contribution in [2.75, 3.05) is 32.2 Å². The minimum Gasteiger partial charge on any atom is -0.475 e. The van der Waals surface area contributed by atoms with Gasteiger partial charge in [0.2, 0.25) is 5.88 Å². The normalized spacial score (nSPS) is 15.7. The molecule has 0 bridgehead atoms. The molecule has 1 aliphatic rings. The number of aromatic nitrogens is 3. The second-order valence-electron chi connectivity index (χ2n) is 7.83. The van der Waals surface area contributed by atoms with Gasteiger partial charge in [-0.2, -0.15) is 4.98 Å². The molecule has 1 aliphatic heterocycles. The smallest absolute Gasteiger partial charge is 0.263 e. The number of nitrogens with one attached hydrogen (secondary N) is 2. The lowest BCUT2D eigenvalue weighted by Crippen LogP contribution is -2.34. The van der Waals surface area contributed by atoms with Gasteiger partial charge in [0.05, 0.1) is 24.2 Å². The average molecular weight is 484 g/mol. The summed E-state index contributed by atoms with van der Waals surface area (Å²) in [5, 5.41) is 8.81. The summed E-state index contributed by atoms with van der Waals surface area (Å²) in [5.41, 5.74) is 2.54. The summed E-state index contributed by atoms with van der Waals surface area (Å²) in [4.78, 5) is 26.9. The summed E-state index contributed by atoms with van der Waals surface area (Å²) in [6, 6.07) is 9.65. The largest absolute Gasteiger partial charge is 0.475 e. The number of rotatable bonds is 6. The number of amides is 1. The van der Waals surface area contributed by atoms with Gasteiger partial charge < -0.3 is 20.1 Å². The Balaban J connectivity index is 1.48. The first-order chi connectivity index (χ1) is 16.0. The van der Waals surface area contributed by atoms with Gasteiger partial charge >= 0.3 is 0 Å². The molecule has 0 saturated heterocycles. The van der Waals surface area contributed by atoms with Crippen LogP contribution in [0, 0.1) is 0 Å². The number of halogens is 1. The van der Waals surface area contributed by atoms with Crippen LogP contribution in [0.2, 0.25) is 5.15 Å². The summed E-state index contributed by atoms with van der Waals surface area (Å²) >= 11 is 7.65. The molecule has 8 nitrogen and oxygen atoms in total. The molecule has 0 spiro atoms. The third-order valence-corrected chi connectivity index (χ3v) is 6.69. The van der Waals surface area contributed by atoms with Crippen LogP contribution in [0.4, 0.5) is 5.69 Å². The first kappa shape index (κ1) is 21.8. The summed E-state index contributed by atoms with van der Waals surface area (Å²) in [6.45, 7) is 3.50. The zero-order chi connectivity index (χ0) is 22.9. The highest BCUT2D eigenvalue weighted by Crippen LogP contribution is 2.40.